The molecule has 0 aliphatic heterocycles. The van der Waals surface area contributed by atoms with Crippen molar-refractivity contribution in [2.45, 2.75) is 6.16 Å². The number of non-ortho nitro benzene ring substituents is 2. The first-order valence-electron chi connectivity index (χ1n) is 15.2. The van der Waals surface area contributed by atoms with Gasteiger partial charge < -0.3 is 0 Å². The number of nitro benzene ring substituents is 2. The molecule has 7 aromatic carbocycles. The number of aromatic hydroxyl groups is 1. The van der Waals surface area contributed by atoms with E-state index in [2.05, 4.69) is 27.6 Å². The molecule has 0 atom stereocenters. The van der Waals surface area contributed by atoms with Gasteiger partial charge in [0.1, 0.15) is 0 Å². The van der Waals surface area contributed by atoms with E-state index in [0.717, 1.165) is 49.1 Å². The van der Waals surface area contributed by atoms with E-state index in [-0.39, 0.29) is 23.3 Å². The summed E-state index contributed by atoms with van der Waals surface area (Å²) >= 11 is 4.51. The van der Waals surface area contributed by atoms with E-state index >= 15 is 0 Å². The van der Waals surface area contributed by atoms with Gasteiger partial charge in [0.05, 0.1) is 0 Å². The number of nitrogens with zero attached hydrogens (tertiary/aromatic N) is 2. The van der Waals surface area contributed by atoms with E-state index < -0.39 is 15.2 Å². The zero-order valence-electron chi connectivity index (χ0n) is 25.4. The second kappa shape index (κ2) is 12.0. The summed E-state index contributed by atoms with van der Waals surface area (Å²) in [5.74, 6) is 0.107. The van der Waals surface area contributed by atoms with Crippen molar-refractivity contribution in [3.8, 4) is 16.9 Å². The fourth-order valence-electron chi connectivity index (χ4n) is 6.91. The third-order valence-electron chi connectivity index (χ3n) is 9.02. The van der Waals surface area contributed by atoms with Crippen molar-refractivity contribution in [2.75, 3.05) is 0 Å². The minimum absolute atomic E-state index is 0.107. The number of phenolic OH excluding ortho intramolecular Hbond substituents is 1. The van der Waals surface area contributed by atoms with Crippen LogP contribution in [0, 0.1) is 20.2 Å². The molecule has 0 aliphatic rings. The molecule has 7 rings (SSSR count). The van der Waals surface area contributed by atoms with Gasteiger partial charge in [0.25, 0.3) is 0 Å². The quantitative estimate of drug-likeness (QED) is 0.0959. The molecule has 7 nitrogen and oxygen atoms in total. The third kappa shape index (κ3) is 5.01. The van der Waals surface area contributed by atoms with Gasteiger partial charge in [-0.2, -0.15) is 0 Å². The number of halogens is 1. The van der Waals surface area contributed by atoms with Crippen molar-refractivity contribution in [3.63, 3.8) is 0 Å². The summed E-state index contributed by atoms with van der Waals surface area (Å²) < 4.78 is 0. The average molecular weight is 716 g/mol. The van der Waals surface area contributed by atoms with Gasteiger partial charge in [0.15, 0.2) is 0 Å². The molecule has 0 aromatic heterocycles. The number of hydrogen-bond acceptors (Lipinski definition) is 5. The van der Waals surface area contributed by atoms with Crippen molar-refractivity contribution in [2.24, 2.45) is 0 Å². The number of phenols is 1. The van der Waals surface area contributed by atoms with Gasteiger partial charge in [-0.25, -0.2) is 0 Å². The SMILES string of the molecule is O=[N+]([O-])c1cc(CP(Br)(c2ccccc2)(c2ccccc2)c2ccc3ccccc3c2-c2c(O)ccc3ccccc23)cc([N+](=O)[O-])c1. The summed E-state index contributed by atoms with van der Waals surface area (Å²) in [5.41, 5.74) is 1.18. The molecule has 0 aliphatic carbocycles. The van der Waals surface area contributed by atoms with Gasteiger partial charge in [0, 0.05) is 0 Å². The molecule has 0 spiro atoms. The Bertz CT molecular complexity index is 2310. The van der Waals surface area contributed by atoms with Crippen molar-refractivity contribution < 1.29 is 15.0 Å². The van der Waals surface area contributed by atoms with E-state index in [1.54, 1.807) is 6.07 Å². The minimum atomic E-state index is -4.02. The summed E-state index contributed by atoms with van der Waals surface area (Å²) in [6, 6.07) is 47.3. The Morgan fingerprint density at radius 1 is 0.562 bits per heavy atom. The second-order valence-electron chi connectivity index (χ2n) is 11.7. The van der Waals surface area contributed by atoms with Gasteiger partial charge in [-0.3, -0.25) is 0 Å². The molecule has 0 unspecified atom stereocenters. The summed E-state index contributed by atoms with van der Waals surface area (Å²) in [6.07, 6.45) is 0.166. The molecule has 0 saturated carbocycles. The van der Waals surface area contributed by atoms with E-state index in [1.165, 1.54) is 12.1 Å². The Hall–Kier alpha value is -5.43. The molecule has 0 bridgehead atoms. The first-order chi connectivity index (χ1) is 23.2. The summed E-state index contributed by atoms with van der Waals surface area (Å²) in [7, 11) is 0. The predicted molar refractivity (Wildman–Crippen MR) is 200 cm³/mol. The van der Waals surface area contributed by atoms with Crippen LogP contribution in [0.5, 0.6) is 5.75 Å². The topological polar surface area (TPSA) is 107 Å². The van der Waals surface area contributed by atoms with Gasteiger partial charge >= 0.3 is 285 Å². The first kappa shape index (κ1) is 31.2. The van der Waals surface area contributed by atoms with Crippen LogP contribution in [-0.2, 0) is 6.16 Å². The van der Waals surface area contributed by atoms with Gasteiger partial charge in [-0.05, 0) is 0 Å². The Kier molecular flexibility index (Phi) is 7.78. The van der Waals surface area contributed by atoms with Gasteiger partial charge in [-0.15, -0.1) is 0 Å². The van der Waals surface area contributed by atoms with Crippen molar-refractivity contribution >= 4 is 69.6 Å². The van der Waals surface area contributed by atoms with E-state index in [0.29, 0.717) is 11.1 Å². The molecular formula is C39H28BrN2O5P. The van der Waals surface area contributed by atoms with Gasteiger partial charge in [0.2, 0.25) is 0 Å². The molecule has 0 radical (unpaired) electrons. The molecule has 1 N–H and O–H groups in total. The number of benzene rings is 7. The molecule has 0 heterocycles. The maximum atomic E-state index is 12.1. The average Bonchev–Trinajstić information content (AvgIpc) is 3.12. The number of hydrogen-bond donors (Lipinski definition) is 1. The normalized spacial score (nSPS) is 12.4. The number of fused-ring (bicyclic) bond motifs is 2. The molecule has 0 fully saturated rings. The van der Waals surface area contributed by atoms with Crippen molar-refractivity contribution in [1.82, 2.24) is 0 Å². The van der Waals surface area contributed by atoms with Crippen LogP contribution >= 0.6 is 20.8 Å². The molecule has 9 heteroatoms. The number of nitro groups is 2. The monoisotopic (exact) mass is 714 g/mol. The predicted octanol–water partition coefficient (Wildman–Crippen LogP) is 9.52. The van der Waals surface area contributed by atoms with E-state index in [4.69, 9.17) is 0 Å². The van der Waals surface area contributed by atoms with Crippen LogP contribution in [0.1, 0.15) is 5.56 Å². The molecule has 7 aromatic rings. The first-order valence-corrected chi connectivity index (χ1v) is 19.6. The standard InChI is InChI=1S/C39H28BrN2O5P/c40-48(32-13-3-1-4-14-32,33-15-5-2-6-16-33,26-27-23-30(41(44)45)25-31(24-27)42(46)47)37-22-20-29-12-8-10-18-35(29)39(37)38-34-17-9-7-11-28(34)19-21-36(38)43/h1-25,43H,26H2. The van der Waals surface area contributed by atoms with Crippen molar-refractivity contribution in [1.29, 1.82) is 0 Å². The zero-order chi connectivity index (χ0) is 33.5. The third-order valence-corrected chi connectivity index (χ3v) is 18.5. The number of rotatable bonds is 8. The van der Waals surface area contributed by atoms with Crippen molar-refractivity contribution in [3.05, 3.63) is 177 Å². The molecule has 0 saturated heterocycles. The Morgan fingerprint density at radius 3 is 1.54 bits per heavy atom. The summed E-state index contributed by atoms with van der Waals surface area (Å²) in [5, 5.41) is 38.3. The maximum absolute atomic E-state index is 12.1. The zero-order valence-corrected chi connectivity index (χ0v) is 27.9. The Labute approximate surface area is 284 Å². The van der Waals surface area contributed by atoms with Crippen LogP contribution in [0.25, 0.3) is 32.7 Å². The van der Waals surface area contributed by atoms with Crippen LogP contribution in [0.2, 0.25) is 0 Å². The molecule has 48 heavy (non-hydrogen) atoms. The Balaban J connectivity index is 1.71. The van der Waals surface area contributed by atoms with Crippen LogP contribution in [-0.4, -0.2) is 15.0 Å². The fourth-order valence-corrected chi connectivity index (χ4v) is 15.0. The summed E-state index contributed by atoms with van der Waals surface area (Å²) in [6.45, 7) is 0. The second-order valence-corrected chi connectivity index (χ2v) is 20.6. The molecule has 0 amide bonds. The van der Waals surface area contributed by atoms with E-state index in [9.17, 15) is 25.3 Å². The van der Waals surface area contributed by atoms with Crippen LogP contribution < -0.4 is 15.9 Å². The van der Waals surface area contributed by atoms with E-state index in [1.807, 2.05) is 115 Å². The van der Waals surface area contributed by atoms with Crippen LogP contribution in [0.15, 0.2) is 152 Å². The molecular weight excluding hydrogens is 687 g/mol. The van der Waals surface area contributed by atoms with Gasteiger partial charge in [-0.1, -0.05) is 0 Å². The van der Waals surface area contributed by atoms with Crippen LogP contribution in [0.4, 0.5) is 11.4 Å². The molecule has 236 valence electrons. The fraction of sp³-hybridized carbons (Fsp3) is 0.0256. The van der Waals surface area contributed by atoms with Crippen LogP contribution in [0.3, 0.4) is 0 Å². The Morgan fingerprint density at radius 2 is 1.02 bits per heavy atom. The summed E-state index contributed by atoms with van der Waals surface area (Å²) in [4.78, 5) is 23.0.